The van der Waals surface area contributed by atoms with E-state index >= 15 is 0 Å². The molecule has 1 fully saturated rings. The maximum atomic E-state index is 2.44. The third-order valence-electron chi connectivity index (χ3n) is 3.54. The zero-order chi connectivity index (χ0) is 9.64. The number of nitrogens with zero attached hydrogens (tertiary/aromatic N) is 1. The lowest BCUT2D eigenvalue weighted by Crippen LogP contribution is -2.06. The summed E-state index contributed by atoms with van der Waals surface area (Å²) in [5, 5.41) is 0. The van der Waals surface area contributed by atoms with Crippen LogP contribution in [0.2, 0.25) is 0 Å². The van der Waals surface area contributed by atoms with Gasteiger partial charge < -0.3 is 4.57 Å². The average molecular weight is 177 g/mol. The first kappa shape index (κ1) is 8.86. The molecule has 72 valence electrons. The molecule has 0 N–H and O–H groups in total. The molecule has 2 rings (SSSR count). The summed E-state index contributed by atoms with van der Waals surface area (Å²) < 4.78 is 2.44. The van der Waals surface area contributed by atoms with E-state index in [-0.39, 0.29) is 0 Å². The Bertz CT molecular complexity index is 300. The molecular formula is C12H19N. The molecule has 0 aliphatic heterocycles. The minimum atomic E-state index is 0.600. The maximum Gasteiger partial charge on any atom is 0.0258 e. The Morgan fingerprint density at radius 2 is 1.77 bits per heavy atom. The summed E-state index contributed by atoms with van der Waals surface area (Å²) in [7, 11) is 0. The molecule has 0 saturated heterocycles. The van der Waals surface area contributed by atoms with E-state index in [0.29, 0.717) is 5.41 Å². The molecule has 1 nitrogen and oxygen atoms in total. The summed E-state index contributed by atoms with van der Waals surface area (Å²) in [4.78, 5) is 0. The molecule has 0 aromatic carbocycles. The Morgan fingerprint density at radius 1 is 1.31 bits per heavy atom. The van der Waals surface area contributed by atoms with E-state index < -0.39 is 0 Å². The highest BCUT2D eigenvalue weighted by Crippen LogP contribution is 2.52. The normalized spacial score (nSPS) is 24.8. The van der Waals surface area contributed by atoms with Crippen molar-refractivity contribution in [2.75, 3.05) is 0 Å². The number of aryl methyl sites for hydroxylation is 2. The second-order valence-electron chi connectivity index (χ2n) is 5.12. The molecule has 1 aromatic heterocycles. The molecule has 1 unspecified atom stereocenters. The van der Waals surface area contributed by atoms with Crippen LogP contribution in [-0.4, -0.2) is 4.57 Å². The van der Waals surface area contributed by atoms with Gasteiger partial charge >= 0.3 is 0 Å². The summed E-state index contributed by atoms with van der Waals surface area (Å²) in [5.41, 5.74) is 3.41. The summed E-state index contributed by atoms with van der Waals surface area (Å²) in [5.74, 6) is 0.900. The molecule has 1 saturated carbocycles. The lowest BCUT2D eigenvalue weighted by molar-refractivity contribution is 0.490. The SMILES string of the molecule is Cc1ccc(C)n1CC1CC1(C)C. The van der Waals surface area contributed by atoms with Gasteiger partial charge in [-0.3, -0.25) is 0 Å². The first-order chi connectivity index (χ1) is 6.00. The first-order valence-electron chi connectivity index (χ1n) is 5.13. The van der Waals surface area contributed by atoms with Gasteiger partial charge in [0.25, 0.3) is 0 Å². The van der Waals surface area contributed by atoms with Crippen molar-refractivity contribution in [2.24, 2.45) is 11.3 Å². The molecule has 0 bridgehead atoms. The van der Waals surface area contributed by atoms with E-state index in [2.05, 4.69) is 44.4 Å². The van der Waals surface area contributed by atoms with Crippen LogP contribution in [0.15, 0.2) is 12.1 Å². The molecule has 13 heavy (non-hydrogen) atoms. The van der Waals surface area contributed by atoms with Gasteiger partial charge in [0.15, 0.2) is 0 Å². The second kappa shape index (κ2) is 2.63. The van der Waals surface area contributed by atoms with Crippen LogP contribution in [-0.2, 0) is 6.54 Å². The fourth-order valence-electron chi connectivity index (χ4n) is 2.10. The Morgan fingerprint density at radius 3 is 2.15 bits per heavy atom. The number of rotatable bonds is 2. The van der Waals surface area contributed by atoms with E-state index in [9.17, 15) is 0 Å². The zero-order valence-electron chi connectivity index (χ0n) is 9.09. The van der Waals surface area contributed by atoms with Crippen LogP contribution >= 0.6 is 0 Å². The van der Waals surface area contributed by atoms with Gasteiger partial charge in [0.2, 0.25) is 0 Å². The minimum Gasteiger partial charge on any atom is -0.349 e. The lowest BCUT2D eigenvalue weighted by atomic mass is 10.1. The monoisotopic (exact) mass is 177 g/mol. The lowest BCUT2D eigenvalue weighted by Gasteiger charge is -2.10. The summed E-state index contributed by atoms with van der Waals surface area (Å²) in [6.07, 6.45) is 1.39. The molecule has 1 atom stereocenters. The number of aromatic nitrogens is 1. The second-order valence-corrected chi connectivity index (χ2v) is 5.12. The number of hydrogen-bond donors (Lipinski definition) is 0. The molecule has 1 aliphatic carbocycles. The molecule has 0 spiro atoms. The smallest absolute Gasteiger partial charge is 0.0258 e. The van der Waals surface area contributed by atoms with Crippen LogP contribution in [0, 0.1) is 25.2 Å². The molecule has 1 aliphatic rings. The fraction of sp³-hybridized carbons (Fsp3) is 0.667. The summed E-state index contributed by atoms with van der Waals surface area (Å²) in [6, 6.07) is 4.43. The van der Waals surface area contributed by atoms with Crippen LogP contribution < -0.4 is 0 Å². The Balaban J connectivity index is 2.11. The van der Waals surface area contributed by atoms with E-state index in [4.69, 9.17) is 0 Å². The van der Waals surface area contributed by atoms with Gasteiger partial charge in [0, 0.05) is 17.9 Å². The average Bonchev–Trinajstić information content (AvgIpc) is 2.52. The van der Waals surface area contributed by atoms with Crippen LogP contribution in [0.3, 0.4) is 0 Å². The van der Waals surface area contributed by atoms with Gasteiger partial charge in [-0.15, -0.1) is 0 Å². The van der Waals surface area contributed by atoms with Crippen molar-refractivity contribution in [3.05, 3.63) is 23.5 Å². The predicted octanol–water partition coefficient (Wildman–Crippen LogP) is 3.15. The van der Waals surface area contributed by atoms with E-state index in [0.717, 1.165) is 5.92 Å². The summed E-state index contributed by atoms with van der Waals surface area (Å²) in [6.45, 7) is 10.3. The van der Waals surface area contributed by atoms with E-state index in [1.165, 1.54) is 24.4 Å². The highest BCUT2D eigenvalue weighted by Gasteiger charge is 2.45. The molecule has 0 amide bonds. The van der Waals surface area contributed by atoms with Crippen molar-refractivity contribution in [1.82, 2.24) is 4.57 Å². The standard InChI is InChI=1S/C12H19N/c1-9-5-6-10(2)13(9)8-11-7-12(11,3)4/h5-6,11H,7-8H2,1-4H3. The Kier molecular flexibility index (Phi) is 1.79. The minimum absolute atomic E-state index is 0.600. The first-order valence-corrected chi connectivity index (χ1v) is 5.13. The van der Waals surface area contributed by atoms with Crippen molar-refractivity contribution < 1.29 is 0 Å². The molecule has 1 aromatic rings. The van der Waals surface area contributed by atoms with Crippen molar-refractivity contribution >= 4 is 0 Å². The topological polar surface area (TPSA) is 4.93 Å². The van der Waals surface area contributed by atoms with E-state index in [1.807, 2.05) is 0 Å². The third-order valence-corrected chi connectivity index (χ3v) is 3.54. The van der Waals surface area contributed by atoms with Crippen molar-refractivity contribution in [3.63, 3.8) is 0 Å². The molecule has 0 radical (unpaired) electrons. The maximum absolute atomic E-state index is 2.44. The van der Waals surface area contributed by atoms with Crippen LogP contribution in [0.25, 0.3) is 0 Å². The van der Waals surface area contributed by atoms with Gasteiger partial charge in [-0.25, -0.2) is 0 Å². The number of hydrogen-bond acceptors (Lipinski definition) is 0. The molecule has 1 heteroatoms. The van der Waals surface area contributed by atoms with Crippen molar-refractivity contribution in [1.29, 1.82) is 0 Å². The third kappa shape index (κ3) is 1.52. The molecular weight excluding hydrogens is 158 g/mol. The highest BCUT2D eigenvalue weighted by atomic mass is 15.0. The zero-order valence-corrected chi connectivity index (χ0v) is 9.09. The van der Waals surface area contributed by atoms with Gasteiger partial charge in [0.05, 0.1) is 0 Å². The van der Waals surface area contributed by atoms with Gasteiger partial charge in [0.1, 0.15) is 0 Å². The van der Waals surface area contributed by atoms with E-state index in [1.54, 1.807) is 0 Å². The largest absolute Gasteiger partial charge is 0.349 e. The molecule has 1 heterocycles. The summed E-state index contributed by atoms with van der Waals surface area (Å²) >= 11 is 0. The van der Waals surface area contributed by atoms with Crippen molar-refractivity contribution in [2.45, 2.75) is 40.7 Å². The van der Waals surface area contributed by atoms with Crippen LogP contribution in [0.5, 0.6) is 0 Å². The fourth-order valence-corrected chi connectivity index (χ4v) is 2.10. The Labute approximate surface area is 80.8 Å². The van der Waals surface area contributed by atoms with Gasteiger partial charge in [-0.05, 0) is 43.7 Å². The quantitative estimate of drug-likeness (QED) is 0.654. The van der Waals surface area contributed by atoms with Gasteiger partial charge in [-0.2, -0.15) is 0 Å². The Hall–Kier alpha value is -0.720. The van der Waals surface area contributed by atoms with Crippen LogP contribution in [0.1, 0.15) is 31.7 Å². The van der Waals surface area contributed by atoms with Crippen molar-refractivity contribution in [3.8, 4) is 0 Å². The predicted molar refractivity (Wildman–Crippen MR) is 55.8 cm³/mol. The van der Waals surface area contributed by atoms with Gasteiger partial charge in [-0.1, -0.05) is 13.8 Å². The highest BCUT2D eigenvalue weighted by molar-refractivity contribution is 5.14. The van der Waals surface area contributed by atoms with Crippen LogP contribution in [0.4, 0.5) is 0 Å².